The quantitative estimate of drug-likeness (QED) is 0.695. The number of ether oxygens (including phenoxy) is 1. The fraction of sp³-hybridized carbons (Fsp3) is 0.500. The lowest BCUT2D eigenvalue weighted by Gasteiger charge is -2.37. The molecule has 2 amide bonds. The van der Waals surface area contributed by atoms with Gasteiger partial charge in [0.05, 0.1) is 6.20 Å². The van der Waals surface area contributed by atoms with E-state index in [1.807, 2.05) is 43.9 Å². The summed E-state index contributed by atoms with van der Waals surface area (Å²) < 4.78 is 20.1. The number of anilines is 4. The zero-order valence-electron chi connectivity index (χ0n) is 20.0. The summed E-state index contributed by atoms with van der Waals surface area (Å²) in [6.07, 6.45) is 3.29. The summed E-state index contributed by atoms with van der Waals surface area (Å²) in [5.41, 5.74) is 2.06. The first-order valence-electron chi connectivity index (χ1n) is 11.5. The Morgan fingerprint density at radius 3 is 2.71 bits per heavy atom. The van der Waals surface area contributed by atoms with E-state index in [2.05, 4.69) is 20.6 Å². The number of piperidine rings is 1. The van der Waals surface area contributed by atoms with Gasteiger partial charge in [0.25, 0.3) is 0 Å². The van der Waals surface area contributed by atoms with Gasteiger partial charge in [-0.3, -0.25) is 4.79 Å². The van der Waals surface area contributed by atoms with Gasteiger partial charge in [0, 0.05) is 44.0 Å². The summed E-state index contributed by atoms with van der Waals surface area (Å²) in [7, 11) is 1.74. The molecule has 2 aliphatic heterocycles. The van der Waals surface area contributed by atoms with Crippen LogP contribution in [0.25, 0.3) is 0 Å². The molecular formula is C24H31FN6O3. The lowest BCUT2D eigenvalue weighted by Crippen LogP contribution is -2.47. The molecule has 182 valence electrons. The number of nitrogens with zero attached hydrogens (tertiary/aromatic N) is 4. The maximum Gasteiger partial charge on any atom is 0.410 e. The molecule has 9 nitrogen and oxygen atoms in total. The number of halogens is 1. The van der Waals surface area contributed by atoms with Crippen LogP contribution < -0.4 is 15.5 Å². The van der Waals surface area contributed by atoms with Gasteiger partial charge in [-0.1, -0.05) is 0 Å². The van der Waals surface area contributed by atoms with Crippen LogP contribution in [0.5, 0.6) is 0 Å². The molecule has 0 atom stereocenters. The van der Waals surface area contributed by atoms with E-state index in [9.17, 15) is 14.0 Å². The first kappa shape index (κ1) is 23.7. The van der Waals surface area contributed by atoms with E-state index in [1.165, 1.54) is 6.20 Å². The number of fused-ring (bicyclic) bond motifs is 1. The second kappa shape index (κ2) is 9.44. The van der Waals surface area contributed by atoms with Crippen molar-refractivity contribution in [1.82, 2.24) is 14.9 Å². The minimum absolute atomic E-state index is 0.0146. The van der Waals surface area contributed by atoms with Gasteiger partial charge in [-0.2, -0.15) is 4.98 Å². The molecule has 3 heterocycles. The van der Waals surface area contributed by atoms with E-state index in [1.54, 1.807) is 11.9 Å². The summed E-state index contributed by atoms with van der Waals surface area (Å²) in [5, 5.41) is 5.99. The number of hydrogen-bond acceptors (Lipinski definition) is 7. The van der Waals surface area contributed by atoms with Crippen molar-refractivity contribution < 1.29 is 18.7 Å². The molecule has 4 rings (SSSR count). The number of hydrogen-bond donors (Lipinski definition) is 2. The van der Waals surface area contributed by atoms with Crippen molar-refractivity contribution in [2.24, 2.45) is 0 Å². The number of aryl methyl sites for hydroxylation is 1. The number of nitrogens with one attached hydrogen (secondary N) is 2. The van der Waals surface area contributed by atoms with Crippen molar-refractivity contribution in [3.05, 3.63) is 35.8 Å². The Morgan fingerprint density at radius 1 is 1.26 bits per heavy atom. The third kappa shape index (κ3) is 5.55. The molecule has 1 saturated heterocycles. The molecule has 0 spiro atoms. The van der Waals surface area contributed by atoms with E-state index in [-0.39, 0.29) is 23.9 Å². The largest absolute Gasteiger partial charge is 0.444 e. The Labute approximate surface area is 198 Å². The predicted octanol–water partition coefficient (Wildman–Crippen LogP) is 4.08. The van der Waals surface area contributed by atoms with Crippen LogP contribution in [0.1, 0.15) is 45.6 Å². The summed E-state index contributed by atoms with van der Waals surface area (Å²) >= 11 is 0. The van der Waals surface area contributed by atoms with E-state index in [0.717, 1.165) is 16.9 Å². The number of aromatic nitrogens is 2. The van der Waals surface area contributed by atoms with Crippen LogP contribution in [0.4, 0.5) is 32.3 Å². The van der Waals surface area contributed by atoms with Crippen LogP contribution in [-0.2, 0) is 16.0 Å². The highest BCUT2D eigenvalue weighted by Gasteiger charge is 2.30. The van der Waals surface area contributed by atoms with Crippen LogP contribution in [0.2, 0.25) is 0 Å². The molecule has 2 aliphatic rings. The number of carbonyl (C=O) groups excluding carboxylic acids is 2. The molecule has 0 radical (unpaired) electrons. The van der Waals surface area contributed by atoms with E-state index in [0.29, 0.717) is 44.7 Å². The molecule has 10 heteroatoms. The number of amides is 2. The molecule has 2 aromatic rings. The third-order valence-electron chi connectivity index (χ3n) is 5.98. The summed E-state index contributed by atoms with van der Waals surface area (Å²) in [6.45, 7) is 6.64. The van der Waals surface area contributed by atoms with E-state index < -0.39 is 11.4 Å². The molecule has 0 saturated carbocycles. The third-order valence-corrected chi connectivity index (χ3v) is 5.98. The first-order chi connectivity index (χ1) is 16.1. The number of rotatable bonds is 4. The van der Waals surface area contributed by atoms with Gasteiger partial charge in [-0.25, -0.2) is 14.2 Å². The average Bonchev–Trinajstić information content (AvgIpc) is 2.79. The Bertz CT molecular complexity index is 1080. The van der Waals surface area contributed by atoms with Crippen molar-refractivity contribution in [2.75, 3.05) is 35.7 Å². The van der Waals surface area contributed by atoms with E-state index >= 15 is 0 Å². The molecule has 1 aromatic carbocycles. The number of benzene rings is 1. The van der Waals surface area contributed by atoms with Gasteiger partial charge < -0.3 is 25.2 Å². The molecule has 34 heavy (non-hydrogen) atoms. The van der Waals surface area contributed by atoms with Crippen molar-refractivity contribution in [2.45, 2.75) is 58.1 Å². The van der Waals surface area contributed by atoms with Crippen molar-refractivity contribution in [1.29, 1.82) is 0 Å². The Balaban J connectivity index is 1.40. The summed E-state index contributed by atoms with van der Waals surface area (Å²) in [6, 6.07) is 5.63. The SMILES string of the molecule is CN(C(=O)OC(C)(C)C)C1CCN(c2nc(Nc3ccc4c(c3)CCC(=O)N4)ncc2F)CC1. The zero-order chi connectivity index (χ0) is 24.5. The van der Waals surface area contributed by atoms with Gasteiger partial charge in [0.15, 0.2) is 11.6 Å². The maximum atomic E-state index is 14.6. The van der Waals surface area contributed by atoms with Gasteiger partial charge >= 0.3 is 6.09 Å². The molecule has 1 aromatic heterocycles. The average molecular weight is 471 g/mol. The lowest BCUT2D eigenvalue weighted by atomic mass is 10.0. The molecule has 0 aliphatic carbocycles. The van der Waals surface area contributed by atoms with Gasteiger partial charge in [-0.05, 0) is 63.8 Å². The van der Waals surface area contributed by atoms with Crippen molar-refractivity contribution in [3.63, 3.8) is 0 Å². The summed E-state index contributed by atoms with van der Waals surface area (Å²) in [5.74, 6) is 0.0590. The molecule has 0 bridgehead atoms. The van der Waals surface area contributed by atoms with Crippen LogP contribution in [0.15, 0.2) is 24.4 Å². The molecule has 1 fully saturated rings. The number of carbonyl (C=O) groups is 2. The minimum atomic E-state index is -0.550. The predicted molar refractivity (Wildman–Crippen MR) is 128 cm³/mol. The second-order valence-corrected chi connectivity index (χ2v) is 9.72. The standard InChI is InChI=1S/C24H31FN6O3/c1-24(2,3)34-23(33)30(4)17-9-11-31(12-10-17)21-18(25)14-26-22(29-21)27-16-6-7-19-15(13-16)5-8-20(32)28-19/h6-7,13-14,17H,5,8-12H2,1-4H3,(H,28,32)(H,26,27,29). The van der Waals surface area contributed by atoms with Crippen LogP contribution >= 0.6 is 0 Å². The monoisotopic (exact) mass is 470 g/mol. The van der Waals surface area contributed by atoms with E-state index in [4.69, 9.17) is 4.74 Å². The highest BCUT2D eigenvalue weighted by molar-refractivity contribution is 5.94. The zero-order valence-corrected chi connectivity index (χ0v) is 20.0. The molecule has 2 N–H and O–H groups in total. The van der Waals surface area contributed by atoms with Crippen molar-refractivity contribution in [3.8, 4) is 0 Å². The van der Waals surface area contributed by atoms with Gasteiger partial charge in [-0.15, -0.1) is 0 Å². The highest BCUT2D eigenvalue weighted by Crippen LogP contribution is 2.28. The minimum Gasteiger partial charge on any atom is -0.444 e. The van der Waals surface area contributed by atoms with Crippen molar-refractivity contribution >= 4 is 35.1 Å². The highest BCUT2D eigenvalue weighted by atomic mass is 19.1. The van der Waals surface area contributed by atoms with Gasteiger partial charge in [0.2, 0.25) is 11.9 Å². The van der Waals surface area contributed by atoms with Crippen LogP contribution in [-0.4, -0.2) is 58.6 Å². The summed E-state index contributed by atoms with van der Waals surface area (Å²) in [4.78, 5) is 35.9. The molecule has 0 unspecified atom stereocenters. The molecular weight excluding hydrogens is 439 g/mol. The Hall–Kier alpha value is -3.43. The Kier molecular flexibility index (Phi) is 6.58. The van der Waals surface area contributed by atoms with Gasteiger partial charge in [0.1, 0.15) is 5.60 Å². The van der Waals surface area contributed by atoms with Crippen LogP contribution in [0, 0.1) is 5.82 Å². The maximum absolute atomic E-state index is 14.6. The Morgan fingerprint density at radius 2 is 2.00 bits per heavy atom. The normalized spacial score (nSPS) is 16.5. The first-order valence-corrected chi connectivity index (χ1v) is 11.5. The second-order valence-electron chi connectivity index (χ2n) is 9.72. The fourth-order valence-corrected chi connectivity index (χ4v) is 4.18. The smallest absolute Gasteiger partial charge is 0.410 e. The lowest BCUT2D eigenvalue weighted by molar-refractivity contribution is -0.116. The topological polar surface area (TPSA) is 99.7 Å². The fourth-order valence-electron chi connectivity index (χ4n) is 4.18. The van der Waals surface area contributed by atoms with Crippen LogP contribution in [0.3, 0.4) is 0 Å².